The lowest BCUT2D eigenvalue weighted by atomic mass is 9.81. The van der Waals surface area contributed by atoms with Gasteiger partial charge in [-0.3, -0.25) is 0 Å². The topological polar surface area (TPSA) is 12.0 Å². The molecule has 1 nitrogen and oxygen atoms in total. The Balaban J connectivity index is 2.66. The van der Waals surface area contributed by atoms with E-state index in [-0.39, 0.29) is 0 Å². The number of allylic oxidation sites excluding steroid dienone is 1. The molecule has 1 saturated heterocycles. The van der Waals surface area contributed by atoms with Crippen molar-refractivity contribution in [2.75, 3.05) is 6.54 Å². The minimum atomic E-state index is 0.420. The maximum absolute atomic E-state index is 3.53. The van der Waals surface area contributed by atoms with Crippen LogP contribution in [0, 0.1) is 5.41 Å². The summed E-state index contributed by atoms with van der Waals surface area (Å²) in [5.41, 5.74) is 0.420. The van der Waals surface area contributed by atoms with Crippen LogP contribution in [0.3, 0.4) is 0 Å². The third kappa shape index (κ3) is 1.64. The molecule has 0 aromatic heterocycles. The first kappa shape index (κ1) is 8.79. The molecule has 0 bridgehead atoms. The molecule has 0 saturated carbocycles. The van der Waals surface area contributed by atoms with Crippen LogP contribution in [0.25, 0.3) is 0 Å². The van der Waals surface area contributed by atoms with Crippen molar-refractivity contribution in [2.45, 2.75) is 39.7 Å². The fourth-order valence-corrected chi connectivity index (χ4v) is 2.11. The van der Waals surface area contributed by atoms with Gasteiger partial charge in [-0.2, -0.15) is 0 Å². The summed E-state index contributed by atoms with van der Waals surface area (Å²) in [5, 5.41) is 3.53. The van der Waals surface area contributed by atoms with Crippen LogP contribution in [-0.4, -0.2) is 12.6 Å². The molecule has 0 radical (unpaired) electrons. The van der Waals surface area contributed by atoms with E-state index in [0.29, 0.717) is 11.5 Å². The molecule has 1 heteroatoms. The van der Waals surface area contributed by atoms with Crippen LogP contribution in [0.5, 0.6) is 0 Å². The van der Waals surface area contributed by atoms with Crippen LogP contribution in [0.1, 0.15) is 33.6 Å². The predicted octanol–water partition coefficient (Wildman–Crippen LogP) is 2.34. The van der Waals surface area contributed by atoms with Gasteiger partial charge >= 0.3 is 0 Å². The Hall–Kier alpha value is -0.300. The minimum absolute atomic E-state index is 0.420. The smallest absolute Gasteiger partial charge is 0.0153 e. The molecule has 1 aliphatic heterocycles. The van der Waals surface area contributed by atoms with Crippen molar-refractivity contribution in [3.05, 3.63) is 12.2 Å². The predicted molar refractivity (Wildman–Crippen MR) is 49.6 cm³/mol. The molecule has 0 aromatic rings. The molecule has 0 spiro atoms. The summed E-state index contributed by atoms with van der Waals surface area (Å²) < 4.78 is 0. The number of hydrogen-bond donors (Lipinski definition) is 1. The molecule has 1 rings (SSSR count). The summed E-state index contributed by atoms with van der Waals surface area (Å²) in [6.07, 6.45) is 7.05. The lowest BCUT2D eigenvalue weighted by Gasteiger charge is -2.26. The minimum Gasteiger partial charge on any atom is -0.313 e. The SMILES string of the molecule is C/C=C\[C@]1(C)CCNC1CC. The Kier molecular flexibility index (Phi) is 2.72. The van der Waals surface area contributed by atoms with Gasteiger partial charge in [0.1, 0.15) is 0 Å². The van der Waals surface area contributed by atoms with Gasteiger partial charge in [-0.15, -0.1) is 0 Å². The first-order chi connectivity index (χ1) is 5.23. The highest BCUT2D eigenvalue weighted by molar-refractivity contribution is 5.06. The first-order valence-electron chi connectivity index (χ1n) is 4.60. The molecule has 0 aliphatic carbocycles. The van der Waals surface area contributed by atoms with Gasteiger partial charge in [-0.25, -0.2) is 0 Å². The molecule has 1 heterocycles. The van der Waals surface area contributed by atoms with Gasteiger partial charge in [0.2, 0.25) is 0 Å². The van der Waals surface area contributed by atoms with Crippen molar-refractivity contribution < 1.29 is 0 Å². The number of nitrogens with one attached hydrogen (secondary N) is 1. The highest BCUT2D eigenvalue weighted by atomic mass is 15.0. The molecule has 1 fully saturated rings. The molecule has 1 aliphatic rings. The van der Waals surface area contributed by atoms with Crippen LogP contribution in [0.4, 0.5) is 0 Å². The Morgan fingerprint density at radius 2 is 2.36 bits per heavy atom. The largest absolute Gasteiger partial charge is 0.313 e. The average molecular weight is 153 g/mol. The van der Waals surface area contributed by atoms with Crippen LogP contribution in [0.15, 0.2) is 12.2 Å². The zero-order chi connectivity index (χ0) is 8.32. The van der Waals surface area contributed by atoms with Crippen molar-refractivity contribution in [3.63, 3.8) is 0 Å². The van der Waals surface area contributed by atoms with Crippen molar-refractivity contribution in [3.8, 4) is 0 Å². The standard InChI is InChI=1S/C10H19N/c1-4-6-10(3)7-8-11-9(10)5-2/h4,6,9,11H,5,7-8H2,1-3H3/b6-4-/t9?,10-/m1/s1. The summed E-state index contributed by atoms with van der Waals surface area (Å²) in [4.78, 5) is 0. The van der Waals surface area contributed by atoms with Crippen molar-refractivity contribution in [1.29, 1.82) is 0 Å². The second kappa shape index (κ2) is 3.40. The van der Waals surface area contributed by atoms with E-state index >= 15 is 0 Å². The Bertz CT molecular complexity index is 151. The van der Waals surface area contributed by atoms with E-state index in [0.717, 1.165) is 0 Å². The van der Waals surface area contributed by atoms with E-state index in [1.807, 2.05) is 0 Å². The fraction of sp³-hybridized carbons (Fsp3) is 0.800. The van der Waals surface area contributed by atoms with Gasteiger partial charge < -0.3 is 5.32 Å². The Morgan fingerprint density at radius 1 is 1.64 bits per heavy atom. The normalized spacial score (nSPS) is 38.6. The second-order valence-electron chi connectivity index (χ2n) is 3.67. The second-order valence-corrected chi connectivity index (χ2v) is 3.67. The van der Waals surface area contributed by atoms with Crippen LogP contribution >= 0.6 is 0 Å². The third-order valence-electron chi connectivity index (χ3n) is 2.81. The van der Waals surface area contributed by atoms with Gasteiger partial charge in [0, 0.05) is 11.5 Å². The van der Waals surface area contributed by atoms with Gasteiger partial charge in [-0.1, -0.05) is 26.0 Å². The zero-order valence-electron chi connectivity index (χ0n) is 7.85. The van der Waals surface area contributed by atoms with Gasteiger partial charge in [-0.05, 0) is 26.3 Å². The lowest BCUT2D eigenvalue weighted by Crippen LogP contribution is -2.32. The highest BCUT2D eigenvalue weighted by Gasteiger charge is 2.34. The molecule has 64 valence electrons. The molecule has 2 atom stereocenters. The maximum atomic E-state index is 3.53. The quantitative estimate of drug-likeness (QED) is 0.600. The fourth-order valence-electron chi connectivity index (χ4n) is 2.11. The number of rotatable bonds is 2. The molecule has 1 unspecified atom stereocenters. The molecule has 1 N–H and O–H groups in total. The Labute approximate surface area is 69.9 Å². The van der Waals surface area contributed by atoms with Gasteiger partial charge in [0.15, 0.2) is 0 Å². The highest BCUT2D eigenvalue weighted by Crippen LogP contribution is 2.33. The maximum Gasteiger partial charge on any atom is 0.0153 e. The summed E-state index contributed by atoms with van der Waals surface area (Å²) >= 11 is 0. The van der Waals surface area contributed by atoms with Crippen LogP contribution in [-0.2, 0) is 0 Å². The molecular weight excluding hydrogens is 134 g/mol. The zero-order valence-corrected chi connectivity index (χ0v) is 7.85. The molecule has 11 heavy (non-hydrogen) atoms. The molecule has 0 amide bonds. The van der Waals surface area contributed by atoms with Crippen LogP contribution < -0.4 is 5.32 Å². The van der Waals surface area contributed by atoms with Crippen molar-refractivity contribution in [2.24, 2.45) is 5.41 Å². The average Bonchev–Trinajstić information content (AvgIpc) is 2.31. The van der Waals surface area contributed by atoms with E-state index in [4.69, 9.17) is 0 Å². The third-order valence-corrected chi connectivity index (χ3v) is 2.81. The van der Waals surface area contributed by atoms with Gasteiger partial charge in [0.25, 0.3) is 0 Å². The summed E-state index contributed by atoms with van der Waals surface area (Å²) in [7, 11) is 0. The van der Waals surface area contributed by atoms with Crippen molar-refractivity contribution in [1.82, 2.24) is 5.32 Å². The Morgan fingerprint density at radius 3 is 2.91 bits per heavy atom. The summed E-state index contributed by atoms with van der Waals surface area (Å²) in [6.45, 7) is 7.89. The summed E-state index contributed by atoms with van der Waals surface area (Å²) in [6, 6.07) is 0.693. The van der Waals surface area contributed by atoms with E-state index in [1.54, 1.807) is 0 Å². The van der Waals surface area contributed by atoms with E-state index < -0.39 is 0 Å². The van der Waals surface area contributed by atoms with E-state index in [1.165, 1.54) is 19.4 Å². The van der Waals surface area contributed by atoms with E-state index in [9.17, 15) is 0 Å². The molecule has 0 aromatic carbocycles. The van der Waals surface area contributed by atoms with Crippen LogP contribution in [0.2, 0.25) is 0 Å². The number of hydrogen-bond acceptors (Lipinski definition) is 1. The monoisotopic (exact) mass is 153 g/mol. The van der Waals surface area contributed by atoms with Crippen molar-refractivity contribution >= 4 is 0 Å². The van der Waals surface area contributed by atoms with E-state index in [2.05, 4.69) is 38.2 Å². The lowest BCUT2D eigenvalue weighted by molar-refractivity contribution is 0.356. The molecular formula is C10H19N. The van der Waals surface area contributed by atoms with Gasteiger partial charge in [0.05, 0.1) is 0 Å². The first-order valence-corrected chi connectivity index (χ1v) is 4.60. The summed E-state index contributed by atoms with van der Waals surface area (Å²) in [5.74, 6) is 0.